The number of hydrogen-bond acceptors (Lipinski definition) is 4. The summed E-state index contributed by atoms with van der Waals surface area (Å²) in [5, 5.41) is 7.70. The lowest BCUT2D eigenvalue weighted by Gasteiger charge is -2.25. The lowest BCUT2D eigenvalue weighted by atomic mass is 10.1. The Kier molecular flexibility index (Phi) is 6.90. The lowest BCUT2D eigenvalue weighted by Crippen LogP contribution is -2.42. The predicted molar refractivity (Wildman–Crippen MR) is 113 cm³/mol. The van der Waals surface area contributed by atoms with Gasteiger partial charge >= 0.3 is 0 Å². The zero-order valence-corrected chi connectivity index (χ0v) is 17.2. The van der Waals surface area contributed by atoms with Crippen LogP contribution in [0.1, 0.15) is 19.4 Å². The topological polar surface area (TPSA) is 65.4 Å². The number of nitrogens with one attached hydrogen (secondary N) is 1. The first kappa shape index (κ1) is 20.9. The molecule has 0 aliphatic rings. The maximum Gasteiger partial charge on any atom is 0.268 e. The molecule has 0 atom stereocenters. The molecule has 152 valence electrons. The molecule has 0 aliphatic carbocycles. The maximum atomic E-state index is 12.6. The van der Waals surface area contributed by atoms with Gasteiger partial charge in [-0.2, -0.15) is 5.10 Å². The number of rotatable bonds is 9. The lowest BCUT2D eigenvalue weighted by molar-refractivity contribution is -0.128. The van der Waals surface area contributed by atoms with Crippen LogP contribution in [0, 0.1) is 0 Å². The second-order valence-electron chi connectivity index (χ2n) is 7.05. The highest BCUT2D eigenvalue weighted by atomic mass is 35.5. The highest BCUT2D eigenvalue weighted by Crippen LogP contribution is 2.22. The summed E-state index contributed by atoms with van der Waals surface area (Å²) in [5.41, 5.74) is 0.670. The van der Waals surface area contributed by atoms with Crippen molar-refractivity contribution in [3.63, 3.8) is 0 Å². The van der Waals surface area contributed by atoms with Gasteiger partial charge in [0.25, 0.3) is 5.91 Å². The first-order valence-corrected chi connectivity index (χ1v) is 9.70. The van der Waals surface area contributed by atoms with Crippen molar-refractivity contribution in [2.75, 3.05) is 11.9 Å². The Bertz CT molecular complexity index is 924. The zero-order valence-electron chi connectivity index (χ0n) is 16.5. The van der Waals surface area contributed by atoms with Crippen molar-refractivity contribution in [1.82, 2.24) is 9.78 Å². The quantitative estimate of drug-likeness (QED) is 0.522. The van der Waals surface area contributed by atoms with Crippen molar-refractivity contribution in [3.8, 4) is 5.75 Å². The maximum absolute atomic E-state index is 12.6. The number of aromatic nitrogens is 2. The zero-order chi connectivity index (χ0) is 20.7. The van der Waals surface area contributed by atoms with E-state index in [9.17, 15) is 4.79 Å². The minimum Gasteiger partial charge on any atom is -0.478 e. The predicted octanol–water partition coefficient (Wildman–Crippen LogP) is 4.55. The van der Waals surface area contributed by atoms with Crippen molar-refractivity contribution >= 4 is 23.2 Å². The van der Waals surface area contributed by atoms with Gasteiger partial charge in [0.2, 0.25) is 0 Å². The number of amides is 1. The number of carbonyl (C=O) groups is 1. The molecule has 1 aromatic heterocycles. The summed E-state index contributed by atoms with van der Waals surface area (Å²) < 4.78 is 13.2. The molecule has 6 nitrogen and oxygen atoms in total. The van der Waals surface area contributed by atoms with Crippen molar-refractivity contribution < 1.29 is 14.3 Å². The molecule has 0 spiro atoms. The smallest absolute Gasteiger partial charge is 0.268 e. The van der Waals surface area contributed by atoms with E-state index in [-0.39, 0.29) is 5.91 Å². The largest absolute Gasteiger partial charge is 0.478 e. The van der Waals surface area contributed by atoms with Gasteiger partial charge < -0.3 is 14.8 Å². The van der Waals surface area contributed by atoms with Crippen LogP contribution in [0.2, 0.25) is 5.02 Å². The van der Waals surface area contributed by atoms with Crippen molar-refractivity contribution in [2.45, 2.75) is 32.6 Å². The number of carbonyl (C=O) groups excluding carboxylic acids is 1. The van der Waals surface area contributed by atoms with Crippen LogP contribution >= 0.6 is 11.6 Å². The molecule has 0 bridgehead atoms. The fraction of sp³-hybridized carbons (Fsp3) is 0.273. The van der Waals surface area contributed by atoms with Crippen LogP contribution < -0.4 is 10.1 Å². The van der Waals surface area contributed by atoms with Crippen molar-refractivity contribution in [3.05, 3.63) is 77.6 Å². The molecule has 0 fully saturated rings. The van der Waals surface area contributed by atoms with Crippen LogP contribution in [0.15, 0.2) is 67.0 Å². The molecule has 7 heteroatoms. The third-order valence-electron chi connectivity index (χ3n) is 4.20. The average molecular weight is 414 g/mol. The Morgan fingerprint density at radius 1 is 1.14 bits per heavy atom. The molecule has 2 aromatic carbocycles. The number of anilines is 1. The minimum atomic E-state index is -1.06. The number of hydrogen-bond donors (Lipinski definition) is 1. The summed E-state index contributed by atoms with van der Waals surface area (Å²) in [6, 6.07) is 16.9. The van der Waals surface area contributed by atoms with E-state index in [1.54, 1.807) is 55.2 Å². The Labute approximate surface area is 175 Å². The third-order valence-corrected chi connectivity index (χ3v) is 4.45. The van der Waals surface area contributed by atoms with Crippen LogP contribution in [0.4, 0.5) is 5.69 Å². The summed E-state index contributed by atoms with van der Waals surface area (Å²) in [4.78, 5) is 12.6. The monoisotopic (exact) mass is 413 g/mol. The van der Waals surface area contributed by atoms with Gasteiger partial charge in [-0.25, -0.2) is 0 Å². The van der Waals surface area contributed by atoms with Gasteiger partial charge in [-0.1, -0.05) is 41.9 Å². The first-order valence-electron chi connectivity index (χ1n) is 9.32. The molecule has 0 unspecified atom stereocenters. The SMILES string of the molecule is CC(C)(Oc1ccc(Cl)cc1)C(=O)Nc1cnn(CCOCc2ccccc2)c1. The molecule has 0 saturated carbocycles. The third kappa shape index (κ3) is 6.34. The van der Waals surface area contributed by atoms with Gasteiger partial charge in [0.15, 0.2) is 5.60 Å². The minimum absolute atomic E-state index is 0.271. The van der Waals surface area contributed by atoms with Crippen molar-refractivity contribution in [2.24, 2.45) is 0 Å². The standard InChI is InChI=1S/C22H24ClN3O3/c1-22(2,29-20-10-8-18(23)9-11-20)21(27)25-19-14-24-26(15-19)12-13-28-16-17-6-4-3-5-7-17/h3-11,14-15H,12-13,16H2,1-2H3,(H,25,27). The molecule has 0 aliphatic heterocycles. The highest BCUT2D eigenvalue weighted by molar-refractivity contribution is 6.30. The van der Waals surface area contributed by atoms with Crippen molar-refractivity contribution in [1.29, 1.82) is 0 Å². The van der Waals surface area contributed by atoms with Crippen LogP contribution in [0.5, 0.6) is 5.75 Å². The van der Waals surface area contributed by atoms with E-state index in [1.165, 1.54) is 0 Å². The molecule has 29 heavy (non-hydrogen) atoms. The molecule has 1 amide bonds. The summed E-state index contributed by atoms with van der Waals surface area (Å²) in [6.07, 6.45) is 3.37. The molecule has 3 aromatic rings. The summed E-state index contributed by atoms with van der Waals surface area (Å²) >= 11 is 5.88. The van der Waals surface area contributed by atoms with Gasteiger partial charge in [-0.15, -0.1) is 0 Å². The number of halogens is 1. The van der Waals surface area contributed by atoms with E-state index in [1.807, 2.05) is 30.3 Å². The summed E-state index contributed by atoms with van der Waals surface area (Å²) in [5.74, 6) is 0.299. The van der Waals surface area contributed by atoms with E-state index in [0.29, 0.717) is 36.2 Å². The molecule has 1 heterocycles. The van der Waals surface area contributed by atoms with Crippen LogP contribution in [-0.4, -0.2) is 27.9 Å². The molecule has 0 saturated heterocycles. The van der Waals surface area contributed by atoms with Gasteiger partial charge in [-0.3, -0.25) is 9.48 Å². The Morgan fingerprint density at radius 2 is 1.86 bits per heavy atom. The van der Waals surface area contributed by atoms with Gasteiger partial charge in [0.05, 0.1) is 31.6 Å². The number of benzene rings is 2. The fourth-order valence-corrected chi connectivity index (χ4v) is 2.72. The Hall–Kier alpha value is -2.83. The van der Waals surface area contributed by atoms with Crippen LogP contribution in [0.3, 0.4) is 0 Å². The molecule has 3 rings (SSSR count). The second-order valence-corrected chi connectivity index (χ2v) is 7.49. The van der Waals surface area contributed by atoms with E-state index in [2.05, 4.69) is 10.4 Å². The van der Waals surface area contributed by atoms with E-state index in [4.69, 9.17) is 21.1 Å². The molecular formula is C22H24ClN3O3. The Balaban J connectivity index is 1.47. The fourth-order valence-electron chi connectivity index (χ4n) is 2.60. The van der Waals surface area contributed by atoms with Crippen LogP contribution in [0.25, 0.3) is 0 Å². The van der Waals surface area contributed by atoms with Gasteiger partial charge in [-0.05, 0) is 43.7 Å². The van der Waals surface area contributed by atoms with Gasteiger partial charge in [0, 0.05) is 11.2 Å². The normalized spacial score (nSPS) is 11.3. The first-order chi connectivity index (χ1) is 13.9. The number of nitrogens with zero attached hydrogens (tertiary/aromatic N) is 2. The molecule has 1 N–H and O–H groups in total. The van der Waals surface area contributed by atoms with Gasteiger partial charge in [0.1, 0.15) is 5.75 Å². The second kappa shape index (κ2) is 9.58. The van der Waals surface area contributed by atoms with Crippen LogP contribution in [-0.2, 0) is 22.7 Å². The summed E-state index contributed by atoms with van der Waals surface area (Å²) in [7, 11) is 0. The highest BCUT2D eigenvalue weighted by Gasteiger charge is 2.30. The number of ether oxygens (including phenoxy) is 2. The van der Waals surface area contributed by atoms with E-state index < -0.39 is 5.60 Å². The summed E-state index contributed by atoms with van der Waals surface area (Å²) in [6.45, 7) is 5.09. The molecular weight excluding hydrogens is 390 g/mol. The average Bonchev–Trinajstić information content (AvgIpc) is 3.15. The molecule has 0 radical (unpaired) electrons. The Morgan fingerprint density at radius 3 is 2.59 bits per heavy atom. The van der Waals surface area contributed by atoms with E-state index in [0.717, 1.165) is 5.56 Å². The van der Waals surface area contributed by atoms with E-state index >= 15 is 0 Å².